The summed E-state index contributed by atoms with van der Waals surface area (Å²) in [5, 5.41) is 4.46. The average molecular weight is 258 g/mol. The van der Waals surface area contributed by atoms with E-state index in [4.69, 9.17) is 5.73 Å². The van der Waals surface area contributed by atoms with Crippen molar-refractivity contribution in [2.45, 2.75) is 39.7 Å². The Kier molecular flexibility index (Phi) is 4.20. The topological polar surface area (TPSA) is 63.8 Å². The number of hydrogen-bond acceptors (Lipinski definition) is 4. The number of nitrogens with zero attached hydrogens (tertiary/aromatic N) is 2. The molecule has 102 valence electrons. The van der Waals surface area contributed by atoms with Crippen LogP contribution in [-0.4, -0.2) is 16.0 Å². The number of nitrogens with two attached hydrogens (primary N) is 1. The molecule has 0 bridgehead atoms. The molecule has 19 heavy (non-hydrogen) atoms. The lowest BCUT2D eigenvalue weighted by Crippen LogP contribution is -2.19. The van der Waals surface area contributed by atoms with Crippen LogP contribution in [0.1, 0.15) is 33.6 Å². The van der Waals surface area contributed by atoms with Gasteiger partial charge in [0.05, 0.1) is 5.52 Å². The van der Waals surface area contributed by atoms with E-state index < -0.39 is 0 Å². The summed E-state index contributed by atoms with van der Waals surface area (Å²) in [6, 6.07) is 6.10. The van der Waals surface area contributed by atoms with E-state index in [0.29, 0.717) is 12.0 Å². The molecule has 2 atom stereocenters. The highest BCUT2D eigenvalue weighted by Crippen LogP contribution is 2.23. The minimum atomic E-state index is 0.384. The molecule has 1 heterocycles. The van der Waals surface area contributed by atoms with Gasteiger partial charge in [0.25, 0.3) is 0 Å². The van der Waals surface area contributed by atoms with E-state index in [1.165, 1.54) is 6.42 Å². The highest BCUT2D eigenvalue weighted by Gasteiger charge is 2.10. The number of hydrogen-bond donors (Lipinski definition) is 2. The number of rotatable bonds is 5. The van der Waals surface area contributed by atoms with Gasteiger partial charge < -0.3 is 11.1 Å². The molecule has 2 rings (SSSR count). The molecule has 2 aromatic rings. The lowest BCUT2D eigenvalue weighted by Gasteiger charge is -2.18. The molecular formula is C15H22N4. The maximum Gasteiger partial charge on any atom is 0.137 e. The van der Waals surface area contributed by atoms with Crippen molar-refractivity contribution >= 4 is 22.4 Å². The van der Waals surface area contributed by atoms with Gasteiger partial charge in [0.2, 0.25) is 0 Å². The first-order chi connectivity index (χ1) is 9.10. The molecule has 4 heteroatoms. The van der Waals surface area contributed by atoms with Gasteiger partial charge in [0.15, 0.2) is 0 Å². The highest BCUT2D eigenvalue weighted by atomic mass is 15.0. The molecule has 1 aromatic heterocycles. The van der Waals surface area contributed by atoms with Gasteiger partial charge in [0, 0.05) is 17.1 Å². The van der Waals surface area contributed by atoms with Crippen LogP contribution in [0.15, 0.2) is 24.5 Å². The lowest BCUT2D eigenvalue weighted by molar-refractivity contribution is 0.483. The summed E-state index contributed by atoms with van der Waals surface area (Å²) < 4.78 is 0. The van der Waals surface area contributed by atoms with Gasteiger partial charge in [-0.2, -0.15) is 0 Å². The van der Waals surface area contributed by atoms with Gasteiger partial charge in [-0.1, -0.05) is 20.3 Å². The summed E-state index contributed by atoms with van der Waals surface area (Å²) in [5.74, 6) is 1.58. The average Bonchev–Trinajstić information content (AvgIpc) is 2.39. The molecule has 0 fully saturated rings. The third-order valence-electron chi connectivity index (χ3n) is 3.50. The van der Waals surface area contributed by atoms with E-state index in [1.807, 2.05) is 18.2 Å². The third-order valence-corrected chi connectivity index (χ3v) is 3.50. The molecule has 0 aliphatic heterocycles. The Morgan fingerprint density at radius 3 is 2.79 bits per heavy atom. The molecule has 0 aliphatic rings. The third kappa shape index (κ3) is 3.34. The Morgan fingerprint density at radius 1 is 1.26 bits per heavy atom. The summed E-state index contributed by atoms with van der Waals surface area (Å²) in [4.78, 5) is 8.60. The number of aromatic nitrogens is 2. The number of nitrogens with one attached hydrogen (secondary N) is 1. The molecule has 0 saturated carbocycles. The van der Waals surface area contributed by atoms with Crippen LogP contribution in [0, 0.1) is 5.92 Å². The Balaban J connectivity index is 2.22. The van der Waals surface area contributed by atoms with Gasteiger partial charge >= 0.3 is 0 Å². The summed E-state index contributed by atoms with van der Waals surface area (Å²) in [7, 11) is 0. The van der Waals surface area contributed by atoms with Gasteiger partial charge in [-0.25, -0.2) is 9.97 Å². The van der Waals surface area contributed by atoms with Crippen molar-refractivity contribution in [3.05, 3.63) is 24.5 Å². The molecular weight excluding hydrogens is 236 g/mol. The molecule has 2 unspecified atom stereocenters. The van der Waals surface area contributed by atoms with Crippen molar-refractivity contribution < 1.29 is 0 Å². The zero-order chi connectivity index (χ0) is 13.8. The van der Waals surface area contributed by atoms with Crippen molar-refractivity contribution in [3.8, 4) is 0 Å². The fourth-order valence-corrected chi connectivity index (χ4v) is 2.25. The van der Waals surface area contributed by atoms with E-state index >= 15 is 0 Å². The van der Waals surface area contributed by atoms with Crippen LogP contribution in [0.5, 0.6) is 0 Å². The molecule has 0 radical (unpaired) electrons. The first kappa shape index (κ1) is 13.6. The number of nitrogen functional groups attached to an aromatic ring is 1. The van der Waals surface area contributed by atoms with E-state index in [2.05, 4.69) is 36.1 Å². The SMILES string of the molecule is CCC(C)CC(C)Nc1ncnc2ccc(N)cc12. The largest absolute Gasteiger partial charge is 0.399 e. The molecule has 3 N–H and O–H groups in total. The second kappa shape index (κ2) is 5.87. The van der Waals surface area contributed by atoms with E-state index in [-0.39, 0.29) is 0 Å². The van der Waals surface area contributed by atoms with E-state index in [1.54, 1.807) is 6.33 Å². The molecule has 4 nitrogen and oxygen atoms in total. The molecule has 0 aliphatic carbocycles. The lowest BCUT2D eigenvalue weighted by atomic mass is 10.0. The van der Waals surface area contributed by atoms with Gasteiger partial charge in [-0.3, -0.25) is 0 Å². The first-order valence-electron chi connectivity index (χ1n) is 6.87. The summed E-state index contributed by atoms with van der Waals surface area (Å²) >= 11 is 0. The first-order valence-corrected chi connectivity index (χ1v) is 6.87. The van der Waals surface area contributed by atoms with E-state index in [0.717, 1.165) is 28.8 Å². The van der Waals surface area contributed by atoms with Crippen LogP contribution >= 0.6 is 0 Å². The van der Waals surface area contributed by atoms with Crippen molar-refractivity contribution in [3.63, 3.8) is 0 Å². The minimum absolute atomic E-state index is 0.384. The summed E-state index contributed by atoms with van der Waals surface area (Å²) in [5.41, 5.74) is 7.50. The Labute approximate surface area is 114 Å². The zero-order valence-electron chi connectivity index (χ0n) is 11.9. The maximum atomic E-state index is 5.84. The van der Waals surface area contributed by atoms with Crippen molar-refractivity contribution in [2.75, 3.05) is 11.1 Å². The van der Waals surface area contributed by atoms with Crippen LogP contribution in [-0.2, 0) is 0 Å². The predicted octanol–water partition coefficient (Wildman–Crippen LogP) is 3.45. The second-order valence-electron chi connectivity index (χ2n) is 5.29. The Morgan fingerprint density at radius 2 is 2.05 bits per heavy atom. The zero-order valence-corrected chi connectivity index (χ0v) is 11.9. The molecule has 1 aromatic carbocycles. The van der Waals surface area contributed by atoms with Crippen molar-refractivity contribution in [1.29, 1.82) is 0 Å². The van der Waals surface area contributed by atoms with Gasteiger partial charge in [0.1, 0.15) is 12.1 Å². The smallest absolute Gasteiger partial charge is 0.137 e. The Hall–Kier alpha value is -1.84. The van der Waals surface area contributed by atoms with Crippen LogP contribution in [0.3, 0.4) is 0 Å². The standard InChI is InChI=1S/C15H22N4/c1-4-10(2)7-11(3)19-15-13-8-12(16)5-6-14(13)17-9-18-15/h5-6,8-11H,4,7,16H2,1-3H3,(H,17,18,19). The second-order valence-corrected chi connectivity index (χ2v) is 5.29. The minimum Gasteiger partial charge on any atom is -0.399 e. The molecule has 0 spiro atoms. The van der Waals surface area contributed by atoms with Crippen LogP contribution < -0.4 is 11.1 Å². The number of benzene rings is 1. The van der Waals surface area contributed by atoms with Gasteiger partial charge in [-0.05, 0) is 37.5 Å². The molecule has 0 amide bonds. The Bertz CT molecular complexity index is 553. The molecule has 0 saturated heterocycles. The fourth-order valence-electron chi connectivity index (χ4n) is 2.25. The van der Waals surface area contributed by atoms with Crippen LogP contribution in [0.25, 0.3) is 10.9 Å². The monoisotopic (exact) mass is 258 g/mol. The quantitative estimate of drug-likeness (QED) is 0.806. The van der Waals surface area contributed by atoms with Crippen LogP contribution in [0.4, 0.5) is 11.5 Å². The van der Waals surface area contributed by atoms with Gasteiger partial charge in [-0.15, -0.1) is 0 Å². The van der Waals surface area contributed by atoms with E-state index in [9.17, 15) is 0 Å². The highest BCUT2D eigenvalue weighted by molar-refractivity contribution is 5.91. The number of fused-ring (bicyclic) bond motifs is 1. The fraction of sp³-hybridized carbons (Fsp3) is 0.467. The number of anilines is 2. The van der Waals surface area contributed by atoms with Crippen molar-refractivity contribution in [2.24, 2.45) is 5.92 Å². The summed E-state index contributed by atoms with van der Waals surface area (Å²) in [6.45, 7) is 6.68. The van der Waals surface area contributed by atoms with Crippen LogP contribution in [0.2, 0.25) is 0 Å². The summed E-state index contributed by atoms with van der Waals surface area (Å²) in [6.07, 6.45) is 3.92. The maximum absolute atomic E-state index is 5.84. The predicted molar refractivity (Wildman–Crippen MR) is 81.1 cm³/mol. The normalized spacial score (nSPS) is 14.3. The van der Waals surface area contributed by atoms with Crippen molar-refractivity contribution in [1.82, 2.24) is 9.97 Å².